The summed E-state index contributed by atoms with van der Waals surface area (Å²) in [7, 11) is 0. The molecule has 1 nitrogen and oxygen atoms in total. The molecule has 2 heterocycles. The first-order valence-electron chi connectivity index (χ1n) is 5.74. The minimum Gasteiger partial charge on any atom is -0.310 e. The molecule has 0 radical (unpaired) electrons. The fraction of sp³-hybridized carbons (Fsp3) is 1.00. The van der Waals surface area contributed by atoms with E-state index in [2.05, 4.69) is 24.0 Å². The summed E-state index contributed by atoms with van der Waals surface area (Å²) < 4.78 is 0. The third-order valence-corrected chi connectivity index (χ3v) is 5.32. The van der Waals surface area contributed by atoms with Gasteiger partial charge in [0.1, 0.15) is 0 Å². The average Bonchev–Trinajstić information content (AvgIpc) is 2.69. The van der Waals surface area contributed by atoms with Crippen molar-refractivity contribution in [1.29, 1.82) is 0 Å². The third-order valence-electron chi connectivity index (χ3n) is 3.70. The van der Waals surface area contributed by atoms with Gasteiger partial charge in [0.05, 0.1) is 0 Å². The van der Waals surface area contributed by atoms with Crippen LogP contribution in [0.2, 0.25) is 0 Å². The van der Waals surface area contributed by atoms with Crippen molar-refractivity contribution in [2.24, 2.45) is 0 Å². The highest BCUT2D eigenvalue weighted by molar-refractivity contribution is 8.00. The Kier molecular flexibility index (Phi) is 3.20. The Morgan fingerprint density at radius 2 is 2.31 bits per heavy atom. The van der Waals surface area contributed by atoms with Crippen LogP contribution in [-0.4, -0.2) is 23.1 Å². The Bertz CT molecular complexity index is 157. The minimum atomic E-state index is 0.519. The van der Waals surface area contributed by atoms with E-state index in [1.54, 1.807) is 0 Å². The molecule has 2 saturated heterocycles. The fourth-order valence-corrected chi connectivity index (χ4v) is 4.49. The molecule has 0 amide bonds. The minimum absolute atomic E-state index is 0.519. The van der Waals surface area contributed by atoms with Crippen molar-refractivity contribution in [3.8, 4) is 0 Å². The molecule has 1 N–H and O–H groups in total. The molecule has 2 atom stereocenters. The van der Waals surface area contributed by atoms with Gasteiger partial charge in [0.15, 0.2) is 0 Å². The van der Waals surface area contributed by atoms with E-state index in [9.17, 15) is 0 Å². The van der Waals surface area contributed by atoms with E-state index < -0.39 is 0 Å². The first-order chi connectivity index (χ1) is 6.37. The molecule has 0 bridgehead atoms. The topological polar surface area (TPSA) is 12.0 Å². The summed E-state index contributed by atoms with van der Waals surface area (Å²) in [5.41, 5.74) is 0.519. The lowest BCUT2D eigenvalue weighted by Crippen LogP contribution is -2.49. The smallest absolute Gasteiger partial charge is 0.0298 e. The molecule has 0 aromatic carbocycles. The monoisotopic (exact) mass is 199 g/mol. The van der Waals surface area contributed by atoms with Crippen molar-refractivity contribution in [2.75, 3.05) is 12.3 Å². The van der Waals surface area contributed by atoms with Gasteiger partial charge in [0, 0.05) is 10.8 Å². The highest BCUT2D eigenvalue weighted by atomic mass is 32.2. The number of nitrogens with one attached hydrogen (secondary N) is 1. The summed E-state index contributed by atoms with van der Waals surface area (Å²) in [4.78, 5) is 0. The van der Waals surface area contributed by atoms with E-state index in [1.807, 2.05) is 0 Å². The zero-order valence-corrected chi connectivity index (χ0v) is 9.46. The van der Waals surface area contributed by atoms with Gasteiger partial charge in [0.2, 0.25) is 0 Å². The van der Waals surface area contributed by atoms with Gasteiger partial charge in [0.25, 0.3) is 0 Å². The summed E-state index contributed by atoms with van der Waals surface area (Å²) in [6, 6.07) is 0. The van der Waals surface area contributed by atoms with Crippen LogP contribution >= 0.6 is 11.8 Å². The summed E-state index contributed by atoms with van der Waals surface area (Å²) >= 11 is 2.22. The molecule has 13 heavy (non-hydrogen) atoms. The van der Waals surface area contributed by atoms with Crippen molar-refractivity contribution in [3.05, 3.63) is 0 Å². The third kappa shape index (κ3) is 1.89. The van der Waals surface area contributed by atoms with Gasteiger partial charge in [-0.1, -0.05) is 13.3 Å². The van der Waals surface area contributed by atoms with Gasteiger partial charge in [-0.05, 0) is 44.4 Å². The van der Waals surface area contributed by atoms with Crippen molar-refractivity contribution < 1.29 is 0 Å². The van der Waals surface area contributed by atoms with Crippen LogP contribution in [0.3, 0.4) is 0 Å². The van der Waals surface area contributed by atoms with Gasteiger partial charge in [-0.25, -0.2) is 0 Å². The molecule has 2 aliphatic heterocycles. The lowest BCUT2D eigenvalue weighted by atomic mass is 9.87. The van der Waals surface area contributed by atoms with Crippen molar-refractivity contribution >= 4 is 11.8 Å². The van der Waals surface area contributed by atoms with Crippen LogP contribution in [0.15, 0.2) is 0 Å². The number of thioether (sulfide) groups is 1. The molecule has 0 aliphatic carbocycles. The Balaban J connectivity index is 2.01. The van der Waals surface area contributed by atoms with Gasteiger partial charge >= 0.3 is 0 Å². The summed E-state index contributed by atoms with van der Waals surface area (Å²) in [5, 5.41) is 4.68. The van der Waals surface area contributed by atoms with Gasteiger partial charge in [-0.2, -0.15) is 11.8 Å². The van der Waals surface area contributed by atoms with Gasteiger partial charge < -0.3 is 5.32 Å². The van der Waals surface area contributed by atoms with Crippen molar-refractivity contribution in [2.45, 2.75) is 56.2 Å². The lowest BCUT2D eigenvalue weighted by Gasteiger charge is -2.39. The molecule has 76 valence electrons. The van der Waals surface area contributed by atoms with E-state index in [-0.39, 0.29) is 0 Å². The number of hydrogen-bond acceptors (Lipinski definition) is 2. The molecular weight excluding hydrogens is 178 g/mol. The van der Waals surface area contributed by atoms with Crippen molar-refractivity contribution in [3.63, 3.8) is 0 Å². The normalized spacial score (nSPS) is 40.8. The molecule has 0 aromatic heterocycles. The summed E-state index contributed by atoms with van der Waals surface area (Å²) in [6.45, 7) is 3.61. The summed E-state index contributed by atoms with van der Waals surface area (Å²) in [6.07, 6.45) is 8.49. The molecule has 2 rings (SSSR count). The molecule has 0 saturated carbocycles. The first kappa shape index (κ1) is 9.85. The van der Waals surface area contributed by atoms with Crippen LogP contribution in [-0.2, 0) is 0 Å². The molecular formula is C11H21NS. The second kappa shape index (κ2) is 4.22. The Morgan fingerprint density at radius 1 is 1.38 bits per heavy atom. The van der Waals surface area contributed by atoms with Crippen LogP contribution in [0.1, 0.15) is 45.4 Å². The highest BCUT2D eigenvalue weighted by Gasteiger charge is 2.40. The largest absolute Gasteiger partial charge is 0.310 e. The van der Waals surface area contributed by atoms with Crippen LogP contribution in [0.5, 0.6) is 0 Å². The van der Waals surface area contributed by atoms with Gasteiger partial charge in [-0.15, -0.1) is 0 Å². The Labute approximate surface area is 86.0 Å². The van der Waals surface area contributed by atoms with E-state index in [0.29, 0.717) is 5.54 Å². The zero-order valence-electron chi connectivity index (χ0n) is 8.64. The average molecular weight is 199 g/mol. The standard InChI is InChI=1S/C11H21NS/c1-2-11(7-5-8-12-11)10-6-3-4-9-13-10/h10,12H,2-9H2,1H3. The second-order valence-electron chi connectivity index (χ2n) is 4.40. The molecule has 0 spiro atoms. The Hall–Kier alpha value is 0.310. The maximum atomic E-state index is 3.77. The molecule has 2 heteroatoms. The SMILES string of the molecule is CCC1(C2CCCCS2)CCCN1. The summed E-state index contributed by atoms with van der Waals surface area (Å²) in [5.74, 6) is 1.40. The van der Waals surface area contributed by atoms with E-state index >= 15 is 0 Å². The van der Waals surface area contributed by atoms with Crippen LogP contribution in [0, 0.1) is 0 Å². The van der Waals surface area contributed by atoms with Crippen LogP contribution in [0.25, 0.3) is 0 Å². The molecule has 2 unspecified atom stereocenters. The predicted molar refractivity (Wildman–Crippen MR) is 60.4 cm³/mol. The highest BCUT2D eigenvalue weighted by Crippen LogP contribution is 2.39. The first-order valence-corrected chi connectivity index (χ1v) is 6.79. The predicted octanol–water partition coefficient (Wildman–Crippen LogP) is 2.80. The zero-order chi connectivity index (χ0) is 9.15. The van der Waals surface area contributed by atoms with Crippen LogP contribution < -0.4 is 5.32 Å². The maximum Gasteiger partial charge on any atom is 0.0298 e. The van der Waals surface area contributed by atoms with Crippen molar-refractivity contribution in [1.82, 2.24) is 5.32 Å². The number of hydrogen-bond donors (Lipinski definition) is 1. The quantitative estimate of drug-likeness (QED) is 0.734. The van der Waals surface area contributed by atoms with E-state index in [0.717, 1.165) is 5.25 Å². The molecule has 0 aromatic rings. The number of rotatable bonds is 2. The Morgan fingerprint density at radius 3 is 2.85 bits per heavy atom. The molecule has 2 fully saturated rings. The fourth-order valence-electron chi connectivity index (χ4n) is 2.81. The molecule has 2 aliphatic rings. The van der Waals surface area contributed by atoms with Crippen LogP contribution in [0.4, 0.5) is 0 Å². The second-order valence-corrected chi connectivity index (χ2v) is 5.71. The van der Waals surface area contributed by atoms with E-state index in [1.165, 1.54) is 50.8 Å². The lowest BCUT2D eigenvalue weighted by molar-refractivity contribution is 0.331. The van der Waals surface area contributed by atoms with Gasteiger partial charge in [-0.3, -0.25) is 0 Å². The maximum absolute atomic E-state index is 3.77. The van der Waals surface area contributed by atoms with E-state index in [4.69, 9.17) is 0 Å².